The van der Waals surface area contributed by atoms with Crippen LogP contribution in [0.4, 0.5) is 13.2 Å². The summed E-state index contributed by atoms with van der Waals surface area (Å²) in [6.07, 6.45) is -3.72. The van der Waals surface area contributed by atoms with Crippen molar-refractivity contribution in [1.29, 1.82) is 0 Å². The highest BCUT2D eigenvalue weighted by atomic mass is 19.4. The first-order valence-corrected chi connectivity index (χ1v) is 4.19. The number of carbonyl (C=O) groups is 1. The Bertz CT molecular complexity index is 533. The van der Waals surface area contributed by atoms with E-state index in [9.17, 15) is 18.0 Å². The topological polar surface area (TPSA) is 55.0 Å². The SMILES string of the molecule is O=C(OC(F)(F)F)c1cccc2[nH]ncc12. The maximum absolute atomic E-state index is 11.9. The zero-order valence-corrected chi connectivity index (χ0v) is 7.71. The first-order valence-electron chi connectivity index (χ1n) is 4.19. The van der Waals surface area contributed by atoms with Crippen LogP contribution in [0.1, 0.15) is 10.4 Å². The van der Waals surface area contributed by atoms with Crippen molar-refractivity contribution < 1.29 is 22.7 Å². The number of hydrogen-bond acceptors (Lipinski definition) is 3. The van der Waals surface area contributed by atoms with Crippen LogP contribution in [0.2, 0.25) is 0 Å². The van der Waals surface area contributed by atoms with Crippen molar-refractivity contribution in [3.63, 3.8) is 0 Å². The van der Waals surface area contributed by atoms with E-state index in [-0.39, 0.29) is 10.9 Å². The Morgan fingerprint density at radius 3 is 2.81 bits per heavy atom. The Labute approximate surface area is 87.0 Å². The average molecular weight is 230 g/mol. The van der Waals surface area contributed by atoms with E-state index in [1.165, 1.54) is 18.3 Å². The highest BCUT2D eigenvalue weighted by Crippen LogP contribution is 2.22. The highest BCUT2D eigenvalue weighted by molar-refractivity contribution is 6.03. The van der Waals surface area contributed by atoms with Gasteiger partial charge in [-0.3, -0.25) is 5.10 Å². The quantitative estimate of drug-likeness (QED) is 0.764. The third-order valence-corrected chi connectivity index (χ3v) is 1.91. The lowest BCUT2D eigenvalue weighted by Gasteiger charge is -2.07. The van der Waals surface area contributed by atoms with Gasteiger partial charge in [0.15, 0.2) is 0 Å². The molecule has 0 bridgehead atoms. The van der Waals surface area contributed by atoms with E-state index in [0.717, 1.165) is 0 Å². The van der Waals surface area contributed by atoms with Crippen LogP contribution >= 0.6 is 0 Å². The smallest absolute Gasteiger partial charge is 0.369 e. The summed E-state index contributed by atoms with van der Waals surface area (Å²) in [5.41, 5.74) is 0.292. The predicted molar refractivity (Wildman–Crippen MR) is 47.6 cm³/mol. The second-order valence-electron chi connectivity index (χ2n) is 2.97. The van der Waals surface area contributed by atoms with Gasteiger partial charge in [0, 0.05) is 5.39 Å². The summed E-state index contributed by atoms with van der Waals surface area (Å²) in [7, 11) is 0. The molecule has 1 aromatic heterocycles. The van der Waals surface area contributed by atoms with Gasteiger partial charge in [0.2, 0.25) is 0 Å². The maximum atomic E-state index is 11.9. The summed E-state index contributed by atoms with van der Waals surface area (Å²) in [6, 6.07) is 4.27. The lowest BCUT2D eigenvalue weighted by molar-refractivity contribution is -0.291. The molecule has 0 atom stereocenters. The van der Waals surface area contributed by atoms with Gasteiger partial charge in [0.25, 0.3) is 0 Å². The lowest BCUT2D eigenvalue weighted by atomic mass is 10.1. The summed E-state index contributed by atoms with van der Waals surface area (Å²) in [6.45, 7) is 0. The van der Waals surface area contributed by atoms with Crippen molar-refractivity contribution in [2.24, 2.45) is 0 Å². The fourth-order valence-corrected chi connectivity index (χ4v) is 1.31. The minimum atomic E-state index is -4.98. The Morgan fingerprint density at radius 2 is 2.12 bits per heavy atom. The summed E-state index contributed by atoms with van der Waals surface area (Å²) < 4.78 is 38.9. The summed E-state index contributed by atoms with van der Waals surface area (Å²) >= 11 is 0. The van der Waals surface area contributed by atoms with Crippen LogP contribution in [0.5, 0.6) is 0 Å². The molecule has 4 nitrogen and oxygen atoms in total. The summed E-state index contributed by atoms with van der Waals surface area (Å²) in [5.74, 6) is -1.44. The molecule has 2 aromatic rings. The molecule has 1 heterocycles. The number of esters is 1. The second-order valence-corrected chi connectivity index (χ2v) is 2.97. The molecule has 0 aliphatic carbocycles. The molecule has 0 spiro atoms. The molecule has 0 radical (unpaired) electrons. The normalized spacial score (nSPS) is 11.7. The van der Waals surface area contributed by atoms with Crippen LogP contribution in [0.3, 0.4) is 0 Å². The monoisotopic (exact) mass is 230 g/mol. The number of hydrogen-bond donors (Lipinski definition) is 1. The molecular weight excluding hydrogens is 225 g/mol. The predicted octanol–water partition coefficient (Wildman–Crippen LogP) is 2.24. The third-order valence-electron chi connectivity index (χ3n) is 1.91. The molecule has 84 valence electrons. The number of aromatic amines is 1. The minimum Gasteiger partial charge on any atom is -0.369 e. The van der Waals surface area contributed by atoms with E-state index in [1.807, 2.05) is 0 Å². The molecule has 0 fully saturated rings. The van der Waals surface area contributed by atoms with E-state index in [1.54, 1.807) is 6.07 Å². The van der Waals surface area contributed by atoms with Gasteiger partial charge in [-0.2, -0.15) is 5.10 Å². The average Bonchev–Trinajstić information content (AvgIpc) is 2.61. The van der Waals surface area contributed by atoms with Crippen LogP contribution in [0, 0.1) is 0 Å². The number of rotatable bonds is 1. The molecule has 0 aliphatic rings. The molecule has 0 saturated carbocycles. The summed E-state index contributed by atoms with van der Waals surface area (Å²) in [5, 5.41) is 6.45. The fraction of sp³-hybridized carbons (Fsp3) is 0.111. The van der Waals surface area contributed by atoms with E-state index >= 15 is 0 Å². The van der Waals surface area contributed by atoms with Crippen LogP contribution in [-0.2, 0) is 4.74 Å². The van der Waals surface area contributed by atoms with E-state index in [4.69, 9.17) is 0 Å². The Balaban J connectivity index is 2.40. The maximum Gasteiger partial charge on any atom is 0.575 e. The van der Waals surface area contributed by atoms with Crippen LogP contribution in [0.15, 0.2) is 24.4 Å². The van der Waals surface area contributed by atoms with Crippen molar-refractivity contribution in [2.45, 2.75) is 6.36 Å². The summed E-state index contributed by atoms with van der Waals surface area (Å²) in [4.78, 5) is 11.2. The zero-order valence-electron chi connectivity index (χ0n) is 7.71. The van der Waals surface area contributed by atoms with Gasteiger partial charge in [-0.25, -0.2) is 4.79 Å². The van der Waals surface area contributed by atoms with Crippen molar-refractivity contribution in [3.8, 4) is 0 Å². The Morgan fingerprint density at radius 1 is 1.38 bits per heavy atom. The number of halogens is 3. The van der Waals surface area contributed by atoms with Gasteiger partial charge in [-0.15, -0.1) is 13.2 Å². The number of carbonyl (C=O) groups excluding carboxylic acids is 1. The number of H-pyrrole nitrogens is 1. The first-order chi connectivity index (χ1) is 7.47. The van der Waals surface area contributed by atoms with Gasteiger partial charge in [-0.05, 0) is 12.1 Å². The van der Waals surface area contributed by atoms with Crippen LogP contribution in [-0.4, -0.2) is 22.5 Å². The van der Waals surface area contributed by atoms with Crippen molar-refractivity contribution in [1.82, 2.24) is 10.2 Å². The first kappa shape index (κ1) is 10.5. The number of nitrogens with one attached hydrogen (secondary N) is 1. The number of benzene rings is 1. The van der Waals surface area contributed by atoms with E-state index in [2.05, 4.69) is 14.9 Å². The molecule has 0 saturated heterocycles. The molecule has 0 amide bonds. The second kappa shape index (κ2) is 3.51. The molecule has 1 N–H and O–H groups in total. The molecule has 0 unspecified atom stereocenters. The van der Waals surface area contributed by atoms with Gasteiger partial charge in [0.05, 0.1) is 17.3 Å². The van der Waals surface area contributed by atoms with Crippen LogP contribution in [0.25, 0.3) is 10.9 Å². The van der Waals surface area contributed by atoms with E-state index in [0.29, 0.717) is 5.52 Å². The number of nitrogens with zero attached hydrogens (tertiary/aromatic N) is 1. The standard InChI is InChI=1S/C9H5F3N2O2/c10-9(11,12)16-8(15)5-2-1-3-7-6(5)4-13-14-7/h1-4H,(H,13,14). The number of aromatic nitrogens is 2. The zero-order chi connectivity index (χ0) is 11.8. The van der Waals surface area contributed by atoms with Gasteiger partial charge >= 0.3 is 12.3 Å². The molecule has 0 aliphatic heterocycles. The Hall–Kier alpha value is -2.05. The van der Waals surface area contributed by atoms with Crippen molar-refractivity contribution in [3.05, 3.63) is 30.0 Å². The molecule has 1 aromatic carbocycles. The van der Waals surface area contributed by atoms with Crippen molar-refractivity contribution in [2.75, 3.05) is 0 Å². The molecule has 7 heteroatoms. The number of fused-ring (bicyclic) bond motifs is 1. The minimum absolute atomic E-state index is 0.177. The molecule has 16 heavy (non-hydrogen) atoms. The fourth-order valence-electron chi connectivity index (χ4n) is 1.31. The van der Waals surface area contributed by atoms with E-state index < -0.39 is 12.3 Å². The van der Waals surface area contributed by atoms with Crippen molar-refractivity contribution >= 4 is 16.9 Å². The number of ether oxygens (including phenoxy) is 1. The largest absolute Gasteiger partial charge is 0.575 e. The van der Waals surface area contributed by atoms with Gasteiger partial charge in [0.1, 0.15) is 0 Å². The third kappa shape index (κ3) is 1.97. The Kier molecular flexibility index (Phi) is 2.30. The highest BCUT2D eigenvalue weighted by Gasteiger charge is 2.34. The molecular formula is C9H5F3N2O2. The van der Waals surface area contributed by atoms with Gasteiger partial charge in [-0.1, -0.05) is 6.07 Å². The lowest BCUT2D eigenvalue weighted by Crippen LogP contribution is -2.19. The number of alkyl halides is 3. The van der Waals surface area contributed by atoms with Gasteiger partial charge < -0.3 is 4.74 Å². The van der Waals surface area contributed by atoms with Crippen LogP contribution < -0.4 is 0 Å². The molecule has 2 rings (SSSR count).